The van der Waals surface area contributed by atoms with Crippen molar-refractivity contribution in [1.29, 1.82) is 0 Å². The molecule has 1 aliphatic rings. The Hall–Kier alpha value is -2.13. The number of carboxylic acid groups (broad SMARTS) is 1. The number of ether oxygens (including phenoxy) is 1. The standard InChI is InChI=1S/C14H18N2O6S/c1-15-13(17)10-4-3-7-16(10)23(20,21)12-6-5-9(14(18)19)8-11(12)22-2/h5-6,8,10H,3-4,7H2,1-2H3,(H,15,17)(H,18,19). The van der Waals surface area contributed by atoms with Crippen LogP contribution in [0.25, 0.3) is 0 Å². The normalized spacial score (nSPS) is 18.6. The van der Waals surface area contributed by atoms with Crippen molar-refractivity contribution < 1.29 is 27.9 Å². The van der Waals surface area contributed by atoms with Gasteiger partial charge in [0.1, 0.15) is 16.7 Å². The highest BCUT2D eigenvalue weighted by Gasteiger charge is 2.40. The summed E-state index contributed by atoms with van der Waals surface area (Å²) in [7, 11) is -1.26. The van der Waals surface area contributed by atoms with Gasteiger partial charge in [0, 0.05) is 13.6 Å². The van der Waals surface area contributed by atoms with Crippen LogP contribution in [0.15, 0.2) is 23.1 Å². The zero-order chi connectivity index (χ0) is 17.2. The number of nitrogens with one attached hydrogen (secondary N) is 1. The lowest BCUT2D eigenvalue weighted by atomic mass is 10.2. The van der Waals surface area contributed by atoms with Gasteiger partial charge in [0.25, 0.3) is 0 Å². The van der Waals surface area contributed by atoms with Gasteiger partial charge < -0.3 is 15.2 Å². The van der Waals surface area contributed by atoms with Crippen molar-refractivity contribution in [1.82, 2.24) is 9.62 Å². The number of nitrogens with zero attached hydrogens (tertiary/aromatic N) is 1. The molecule has 126 valence electrons. The summed E-state index contributed by atoms with van der Waals surface area (Å²) in [6, 6.07) is 2.77. The number of likely N-dealkylation sites (N-methyl/N-ethyl adjacent to an activating group) is 1. The first kappa shape index (κ1) is 17.2. The third-order valence-electron chi connectivity index (χ3n) is 3.75. The Kier molecular flexibility index (Phi) is 4.90. The van der Waals surface area contributed by atoms with E-state index in [-0.39, 0.29) is 28.7 Å². The van der Waals surface area contributed by atoms with E-state index in [1.54, 1.807) is 0 Å². The minimum Gasteiger partial charge on any atom is -0.495 e. The van der Waals surface area contributed by atoms with Crippen molar-refractivity contribution in [3.05, 3.63) is 23.8 Å². The van der Waals surface area contributed by atoms with Gasteiger partial charge in [-0.25, -0.2) is 13.2 Å². The molecule has 1 aromatic carbocycles. The molecule has 8 nitrogen and oxygen atoms in total. The van der Waals surface area contributed by atoms with E-state index in [4.69, 9.17) is 9.84 Å². The van der Waals surface area contributed by atoms with E-state index >= 15 is 0 Å². The van der Waals surface area contributed by atoms with E-state index in [1.807, 2.05) is 0 Å². The van der Waals surface area contributed by atoms with Crippen LogP contribution in [0.2, 0.25) is 0 Å². The largest absolute Gasteiger partial charge is 0.495 e. The van der Waals surface area contributed by atoms with Gasteiger partial charge in [-0.2, -0.15) is 4.31 Å². The highest BCUT2D eigenvalue weighted by molar-refractivity contribution is 7.89. The van der Waals surface area contributed by atoms with Crippen LogP contribution in [0.3, 0.4) is 0 Å². The van der Waals surface area contributed by atoms with Gasteiger partial charge in [-0.05, 0) is 31.0 Å². The van der Waals surface area contributed by atoms with Gasteiger partial charge in [-0.1, -0.05) is 0 Å². The van der Waals surface area contributed by atoms with Crippen molar-refractivity contribution in [2.45, 2.75) is 23.8 Å². The Bertz CT molecular complexity index is 731. The number of sulfonamides is 1. The summed E-state index contributed by atoms with van der Waals surface area (Å²) in [6.07, 6.45) is 1.02. The molecule has 0 spiro atoms. The molecule has 0 radical (unpaired) electrons. The molecule has 1 heterocycles. The highest BCUT2D eigenvalue weighted by Crippen LogP contribution is 2.32. The van der Waals surface area contributed by atoms with Crippen molar-refractivity contribution in [3.63, 3.8) is 0 Å². The van der Waals surface area contributed by atoms with Gasteiger partial charge in [0.05, 0.1) is 12.7 Å². The molecule has 2 rings (SSSR count). The monoisotopic (exact) mass is 342 g/mol. The number of hydrogen-bond acceptors (Lipinski definition) is 5. The molecule has 0 aliphatic carbocycles. The molecule has 0 saturated carbocycles. The van der Waals surface area contributed by atoms with Crippen LogP contribution in [0.4, 0.5) is 0 Å². The number of methoxy groups -OCH3 is 1. The first-order valence-electron chi connectivity index (χ1n) is 6.97. The van der Waals surface area contributed by atoms with Gasteiger partial charge in [-0.15, -0.1) is 0 Å². The number of carbonyl (C=O) groups excluding carboxylic acids is 1. The smallest absolute Gasteiger partial charge is 0.335 e. The van der Waals surface area contributed by atoms with Crippen LogP contribution < -0.4 is 10.1 Å². The molecule has 1 amide bonds. The second kappa shape index (κ2) is 6.55. The van der Waals surface area contributed by atoms with Gasteiger partial charge >= 0.3 is 5.97 Å². The number of amides is 1. The number of aromatic carboxylic acids is 1. The van der Waals surface area contributed by atoms with Crippen LogP contribution in [-0.4, -0.2) is 56.5 Å². The van der Waals surface area contributed by atoms with Crippen LogP contribution in [0.5, 0.6) is 5.75 Å². The Labute approximate surface area is 134 Å². The number of rotatable bonds is 5. The Morgan fingerprint density at radius 1 is 1.39 bits per heavy atom. The second-order valence-electron chi connectivity index (χ2n) is 5.06. The molecule has 1 aliphatic heterocycles. The van der Waals surface area contributed by atoms with E-state index in [0.717, 1.165) is 10.4 Å². The average molecular weight is 342 g/mol. The molecule has 0 aromatic heterocycles. The lowest BCUT2D eigenvalue weighted by Crippen LogP contribution is -2.44. The molecule has 2 N–H and O–H groups in total. The molecule has 23 heavy (non-hydrogen) atoms. The Balaban J connectivity index is 2.47. The summed E-state index contributed by atoms with van der Waals surface area (Å²) >= 11 is 0. The fourth-order valence-corrected chi connectivity index (χ4v) is 4.39. The van der Waals surface area contributed by atoms with Crippen LogP contribution >= 0.6 is 0 Å². The van der Waals surface area contributed by atoms with Crippen LogP contribution in [0, 0.1) is 0 Å². The second-order valence-corrected chi connectivity index (χ2v) is 6.92. The quantitative estimate of drug-likeness (QED) is 0.795. The summed E-state index contributed by atoms with van der Waals surface area (Å²) in [6.45, 7) is 0.226. The molecule has 1 saturated heterocycles. The molecule has 1 fully saturated rings. The van der Waals surface area contributed by atoms with Crippen LogP contribution in [-0.2, 0) is 14.8 Å². The fourth-order valence-electron chi connectivity index (χ4n) is 2.60. The first-order valence-corrected chi connectivity index (χ1v) is 8.41. The lowest BCUT2D eigenvalue weighted by Gasteiger charge is -2.23. The topological polar surface area (TPSA) is 113 Å². The van der Waals surface area contributed by atoms with Gasteiger partial charge in [-0.3, -0.25) is 4.79 Å². The lowest BCUT2D eigenvalue weighted by molar-refractivity contribution is -0.123. The van der Waals surface area contributed by atoms with Gasteiger partial charge in [0.2, 0.25) is 15.9 Å². The minimum absolute atomic E-state index is 0.0625. The van der Waals surface area contributed by atoms with E-state index in [1.165, 1.54) is 26.3 Å². The Morgan fingerprint density at radius 2 is 2.09 bits per heavy atom. The predicted octanol–water partition coefficient (Wildman–Crippen LogP) is 0.292. The zero-order valence-electron chi connectivity index (χ0n) is 12.8. The van der Waals surface area contributed by atoms with E-state index in [0.29, 0.717) is 12.8 Å². The average Bonchev–Trinajstić information content (AvgIpc) is 3.03. The maximum Gasteiger partial charge on any atom is 0.335 e. The molecule has 1 aromatic rings. The summed E-state index contributed by atoms with van der Waals surface area (Å²) < 4.78 is 31.9. The molecule has 0 bridgehead atoms. The van der Waals surface area contributed by atoms with Crippen molar-refractivity contribution in [3.8, 4) is 5.75 Å². The number of carbonyl (C=O) groups is 2. The molecular weight excluding hydrogens is 324 g/mol. The summed E-state index contributed by atoms with van der Waals surface area (Å²) in [5.74, 6) is -1.61. The number of hydrogen-bond donors (Lipinski definition) is 2. The molecular formula is C14H18N2O6S. The number of carboxylic acids is 1. The third kappa shape index (κ3) is 3.15. The number of benzene rings is 1. The van der Waals surface area contributed by atoms with Crippen LogP contribution in [0.1, 0.15) is 23.2 Å². The summed E-state index contributed by atoms with van der Waals surface area (Å²) in [5, 5.41) is 11.4. The predicted molar refractivity (Wildman–Crippen MR) is 80.9 cm³/mol. The zero-order valence-corrected chi connectivity index (χ0v) is 13.6. The molecule has 1 atom stereocenters. The van der Waals surface area contributed by atoms with Crippen molar-refractivity contribution in [2.75, 3.05) is 20.7 Å². The van der Waals surface area contributed by atoms with E-state index < -0.39 is 22.0 Å². The van der Waals surface area contributed by atoms with Crippen molar-refractivity contribution in [2.24, 2.45) is 0 Å². The third-order valence-corrected chi connectivity index (χ3v) is 5.70. The van der Waals surface area contributed by atoms with E-state index in [9.17, 15) is 18.0 Å². The summed E-state index contributed by atoms with van der Waals surface area (Å²) in [5.41, 5.74) is -0.0786. The fraction of sp³-hybridized carbons (Fsp3) is 0.429. The molecule has 9 heteroatoms. The maximum absolute atomic E-state index is 12.8. The Morgan fingerprint density at radius 3 is 2.65 bits per heavy atom. The summed E-state index contributed by atoms with van der Waals surface area (Å²) in [4.78, 5) is 22.7. The first-order chi connectivity index (χ1) is 10.8. The SMILES string of the molecule is CNC(=O)C1CCCN1S(=O)(=O)c1ccc(C(=O)O)cc1OC. The van der Waals surface area contributed by atoms with Gasteiger partial charge in [0.15, 0.2) is 0 Å². The van der Waals surface area contributed by atoms with E-state index in [2.05, 4.69) is 5.32 Å². The molecule has 1 unspecified atom stereocenters. The highest BCUT2D eigenvalue weighted by atomic mass is 32.2. The van der Waals surface area contributed by atoms with Crippen molar-refractivity contribution >= 4 is 21.9 Å². The minimum atomic E-state index is -3.97. The maximum atomic E-state index is 12.8.